The topological polar surface area (TPSA) is 129 Å². The number of likely N-dealkylation sites (N-methyl/N-ethyl adjacent to an activating group) is 1. The summed E-state index contributed by atoms with van der Waals surface area (Å²) in [6.07, 6.45) is 11.2. The van der Waals surface area contributed by atoms with Crippen molar-refractivity contribution in [1.29, 1.82) is 0 Å². The number of amides is 2. The summed E-state index contributed by atoms with van der Waals surface area (Å²) < 4.78 is 24.8. The molecule has 4 saturated carbocycles. The lowest BCUT2D eigenvalue weighted by atomic mass is 9.60. The van der Waals surface area contributed by atoms with E-state index in [0.717, 1.165) is 31.1 Å². The first kappa shape index (κ1) is 31.3. The molecule has 240 valence electrons. The van der Waals surface area contributed by atoms with E-state index in [9.17, 15) is 19.1 Å². The van der Waals surface area contributed by atoms with Gasteiger partial charge in [-0.05, 0) is 57.1 Å². The third-order valence-corrected chi connectivity index (χ3v) is 11.1. The van der Waals surface area contributed by atoms with E-state index >= 15 is 0 Å². The molecule has 4 N–H and O–H groups in total. The van der Waals surface area contributed by atoms with Gasteiger partial charge in [-0.3, -0.25) is 15.0 Å². The van der Waals surface area contributed by atoms with Crippen LogP contribution in [0.4, 0.5) is 4.39 Å². The molecule has 1 saturated heterocycles. The number of aliphatic hydroxyl groups excluding tert-OH is 1. The molecule has 1 spiro atoms. The van der Waals surface area contributed by atoms with Gasteiger partial charge in [0.15, 0.2) is 6.61 Å². The van der Waals surface area contributed by atoms with Gasteiger partial charge in [0.2, 0.25) is 5.76 Å². The molecule has 2 amide bonds. The van der Waals surface area contributed by atoms with Gasteiger partial charge in [0, 0.05) is 42.7 Å². The number of nitrogens with zero attached hydrogens (tertiary/aromatic N) is 2. The van der Waals surface area contributed by atoms with Crippen molar-refractivity contribution >= 4 is 23.4 Å². The Labute approximate surface area is 262 Å². The molecule has 4 aliphatic carbocycles. The van der Waals surface area contributed by atoms with Crippen molar-refractivity contribution < 1.29 is 28.3 Å². The molecule has 5 fully saturated rings. The number of benzene rings is 1. The lowest BCUT2D eigenvalue weighted by Crippen LogP contribution is -2.70. The summed E-state index contributed by atoms with van der Waals surface area (Å²) in [6.45, 7) is 0.439. The van der Waals surface area contributed by atoms with Crippen LogP contribution in [0.2, 0.25) is 5.02 Å². The number of hydrogen-bond donors (Lipinski definition) is 4. The molecule has 0 radical (unpaired) electrons. The summed E-state index contributed by atoms with van der Waals surface area (Å²) in [5.41, 5.74) is 2.89. The molecule has 2 unspecified atom stereocenters. The van der Waals surface area contributed by atoms with Gasteiger partial charge >= 0.3 is 0 Å². The maximum atomic E-state index is 13.7. The van der Waals surface area contributed by atoms with Gasteiger partial charge in [-0.15, -0.1) is 0 Å². The lowest BCUT2D eigenvalue weighted by molar-refractivity contribution is -0.132. The lowest BCUT2D eigenvalue weighted by Gasteiger charge is -2.56. The summed E-state index contributed by atoms with van der Waals surface area (Å²) in [7, 11) is 2.12. The number of carbonyl (C=O) groups excluding carboxylic acids is 2. The van der Waals surface area contributed by atoms with E-state index in [2.05, 4.69) is 33.3 Å². The summed E-state index contributed by atoms with van der Waals surface area (Å²) in [4.78, 5) is 26.2. The quantitative estimate of drug-likeness (QED) is 0.349. The molecule has 12 heteroatoms. The second-order valence-corrected chi connectivity index (χ2v) is 13.7. The number of aliphatic hydroxyl groups is 1. The summed E-state index contributed by atoms with van der Waals surface area (Å²) in [5, 5.41) is 23.9. The third kappa shape index (κ3) is 6.08. The van der Waals surface area contributed by atoms with Crippen LogP contribution in [0, 0.1) is 5.82 Å². The molecular formula is C32H43ClFN5O5. The number of rotatable bonds is 7. The third-order valence-electron chi connectivity index (χ3n) is 10.8. The van der Waals surface area contributed by atoms with Crippen molar-refractivity contribution in [1.82, 2.24) is 26.2 Å². The van der Waals surface area contributed by atoms with E-state index in [1.165, 1.54) is 50.7 Å². The highest BCUT2D eigenvalue weighted by molar-refractivity contribution is 6.30. The van der Waals surface area contributed by atoms with Crippen molar-refractivity contribution in [2.45, 2.75) is 112 Å². The number of hydrazine groups is 1. The largest absolute Gasteiger partial charge is 0.484 e. The average molecular weight is 632 g/mol. The molecule has 44 heavy (non-hydrogen) atoms. The molecule has 1 aromatic carbocycles. The minimum absolute atomic E-state index is 0.0274. The van der Waals surface area contributed by atoms with Crippen LogP contribution < -0.4 is 20.8 Å². The molecule has 1 aliphatic heterocycles. The fraction of sp³-hybridized carbons (Fsp3) is 0.656. The smallest absolute Gasteiger partial charge is 0.290 e. The van der Waals surface area contributed by atoms with Crippen molar-refractivity contribution in [3.8, 4) is 5.75 Å². The highest BCUT2D eigenvalue weighted by Crippen LogP contribution is 2.48. The zero-order valence-corrected chi connectivity index (χ0v) is 26.1. The van der Waals surface area contributed by atoms with Crippen LogP contribution in [0.1, 0.15) is 106 Å². The Bertz CT molecular complexity index is 1350. The van der Waals surface area contributed by atoms with Crippen LogP contribution in [0.3, 0.4) is 0 Å². The maximum absolute atomic E-state index is 13.7. The predicted octanol–water partition coefficient (Wildman–Crippen LogP) is 4.62. The van der Waals surface area contributed by atoms with Crippen LogP contribution in [0.5, 0.6) is 5.75 Å². The number of hydrogen-bond acceptors (Lipinski definition) is 8. The Morgan fingerprint density at radius 2 is 1.80 bits per heavy atom. The Morgan fingerprint density at radius 1 is 1.09 bits per heavy atom. The first-order chi connectivity index (χ1) is 21.1. The first-order valence-electron chi connectivity index (χ1n) is 16.0. The van der Waals surface area contributed by atoms with E-state index in [4.69, 9.17) is 20.9 Å². The Kier molecular flexibility index (Phi) is 8.94. The number of halogens is 2. The fourth-order valence-electron chi connectivity index (χ4n) is 8.12. The van der Waals surface area contributed by atoms with Crippen LogP contribution in [0.15, 0.2) is 28.8 Å². The molecule has 1 aromatic heterocycles. The zero-order chi connectivity index (χ0) is 31.0. The van der Waals surface area contributed by atoms with Gasteiger partial charge in [0.25, 0.3) is 11.8 Å². The molecule has 7 rings (SSSR count). The maximum Gasteiger partial charge on any atom is 0.290 e. The van der Waals surface area contributed by atoms with Crippen LogP contribution in [0.25, 0.3) is 0 Å². The predicted molar refractivity (Wildman–Crippen MR) is 162 cm³/mol. The SMILES string of the molecule is CN1NCC(c2cc(C(=O)NC34CCC(NC(=O)COc5ccc(Cl)c(F)c5)(CC3)C(O)C4)on2)C12CCCCCCCC2. The van der Waals surface area contributed by atoms with E-state index in [-0.39, 0.29) is 40.5 Å². The highest BCUT2D eigenvalue weighted by atomic mass is 35.5. The van der Waals surface area contributed by atoms with Gasteiger partial charge in [0.1, 0.15) is 11.6 Å². The number of aromatic nitrogens is 1. The number of carbonyl (C=O) groups is 2. The van der Waals surface area contributed by atoms with Crippen molar-refractivity contribution in [2.24, 2.45) is 0 Å². The van der Waals surface area contributed by atoms with Gasteiger partial charge in [-0.25, -0.2) is 9.40 Å². The van der Waals surface area contributed by atoms with E-state index in [0.29, 0.717) is 32.1 Å². The Hall–Kier alpha value is -2.73. The standard InChI is InChI=1S/C32H43ClFN5O5/c1-39-32(10-6-4-2-3-5-7-11-32)22(19-35-39)25-17-26(44-38-25)29(42)37-30-12-14-31(15-13-30,27(40)18-30)36-28(41)20-43-21-8-9-23(33)24(34)16-21/h8-9,16-17,22,27,35,40H,2-7,10-15,18-20H2,1H3,(H,36,41)(H,37,42). The Morgan fingerprint density at radius 3 is 2.48 bits per heavy atom. The normalized spacial score (nSPS) is 30.4. The number of fused-ring (bicyclic) bond motifs is 3. The highest BCUT2D eigenvalue weighted by Gasteiger charge is 2.55. The first-order valence-corrected chi connectivity index (χ1v) is 16.3. The van der Waals surface area contributed by atoms with Crippen LogP contribution in [-0.4, -0.2) is 70.0 Å². The van der Waals surface area contributed by atoms with E-state index in [1.54, 1.807) is 6.07 Å². The zero-order valence-electron chi connectivity index (χ0n) is 25.3. The molecule has 2 heterocycles. The van der Waals surface area contributed by atoms with Gasteiger partial charge < -0.3 is 25.0 Å². The molecule has 2 bridgehead atoms. The molecule has 10 nitrogen and oxygen atoms in total. The molecule has 2 atom stereocenters. The second-order valence-electron chi connectivity index (χ2n) is 13.3. The van der Waals surface area contributed by atoms with Gasteiger partial charge in [0.05, 0.1) is 22.4 Å². The number of ether oxygens (including phenoxy) is 1. The number of nitrogens with one attached hydrogen (secondary N) is 3. The minimum Gasteiger partial charge on any atom is -0.484 e. The summed E-state index contributed by atoms with van der Waals surface area (Å²) in [6, 6.07) is 5.77. The van der Waals surface area contributed by atoms with E-state index in [1.807, 2.05) is 0 Å². The van der Waals surface area contributed by atoms with Crippen LogP contribution in [-0.2, 0) is 4.79 Å². The monoisotopic (exact) mass is 631 g/mol. The van der Waals surface area contributed by atoms with Crippen LogP contribution >= 0.6 is 11.6 Å². The van der Waals surface area contributed by atoms with Crippen molar-refractivity contribution in [3.63, 3.8) is 0 Å². The minimum atomic E-state index is -0.851. The Balaban J connectivity index is 1.06. The molecule has 2 aromatic rings. The van der Waals surface area contributed by atoms with Crippen molar-refractivity contribution in [3.05, 3.63) is 46.6 Å². The van der Waals surface area contributed by atoms with Gasteiger partial charge in [-0.1, -0.05) is 55.3 Å². The molecule has 5 aliphatic rings. The summed E-state index contributed by atoms with van der Waals surface area (Å²) in [5.74, 6) is -0.861. The summed E-state index contributed by atoms with van der Waals surface area (Å²) >= 11 is 5.71. The molecular weight excluding hydrogens is 589 g/mol. The fourth-order valence-corrected chi connectivity index (χ4v) is 8.24. The van der Waals surface area contributed by atoms with E-state index < -0.39 is 28.9 Å². The van der Waals surface area contributed by atoms with Crippen molar-refractivity contribution in [2.75, 3.05) is 20.2 Å². The second kappa shape index (κ2) is 12.6. The average Bonchev–Trinajstić information content (AvgIpc) is 3.63. The van der Waals surface area contributed by atoms with Gasteiger partial charge in [-0.2, -0.15) is 0 Å².